The molecule has 5 aromatic rings. The molecule has 1 aromatic heterocycles. The summed E-state index contributed by atoms with van der Waals surface area (Å²) >= 11 is 6.10. The summed E-state index contributed by atoms with van der Waals surface area (Å²) in [5.74, 6) is -2.54. The van der Waals surface area contributed by atoms with E-state index in [1.807, 2.05) is 13.0 Å². The van der Waals surface area contributed by atoms with E-state index < -0.39 is 28.9 Å². The number of benzene rings is 4. The lowest BCUT2D eigenvalue weighted by Gasteiger charge is -2.24. The van der Waals surface area contributed by atoms with Crippen LogP contribution in [0.25, 0.3) is 10.9 Å². The Hall–Kier alpha value is -5.01. The highest BCUT2D eigenvalue weighted by molar-refractivity contribution is 6.31. The molecule has 0 aliphatic heterocycles. The first-order valence-corrected chi connectivity index (χ1v) is 13.3. The lowest BCUT2D eigenvalue weighted by Crippen LogP contribution is -2.41. The Labute approximate surface area is 241 Å². The number of amides is 2. The summed E-state index contributed by atoms with van der Waals surface area (Å²) in [6, 6.07) is 28.0. The Kier molecular flexibility index (Phi) is 7.81. The van der Waals surface area contributed by atoms with Gasteiger partial charge in [0.25, 0.3) is 17.4 Å². The van der Waals surface area contributed by atoms with Crippen LogP contribution in [-0.2, 0) is 13.5 Å². The molecule has 0 saturated heterocycles. The van der Waals surface area contributed by atoms with Gasteiger partial charge in [-0.2, -0.15) is 0 Å². The molecular formula is C33H25ClN2O5. The van der Waals surface area contributed by atoms with Gasteiger partial charge in [-0.3, -0.25) is 14.4 Å². The minimum atomic E-state index is -0.939. The third kappa shape index (κ3) is 5.27. The minimum absolute atomic E-state index is 0.194. The third-order valence-electron chi connectivity index (χ3n) is 6.77. The van der Waals surface area contributed by atoms with Gasteiger partial charge in [-0.1, -0.05) is 67.1 Å². The van der Waals surface area contributed by atoms with Crippen molar-refractivity contribution >= 4 is 46.0 Å². The number of esters is 1. The van der Waals surface area contributed by atoms with Crippen LogP contribution in [0.2, 0.25) is 5.02 Å². The van der Waals surface area contributed by atoms with Crippen LogP contribution in [0, 0.1) is 0 Å². The first kappa shape index (κ1) is 27.6. The van der Waals surface area contributed by atoms with Gasteiger partial charge in [-0.25, -0.2) is 9.69 Å². The molecule has 8 heteroatoms. The van der Waals surface area contributed by atoms with Gasteiger partial charge in [-0.05, 0) is 66.6 Å². The van der Waals surface area contributed by atoms with Crippen molar-refractivity contribution in [3.63, 3.8) is 0 Å². The van der Waals surface area contributed by atoms with Gasteiger partial charge < -0.3 is 9.30 Å². The maximum absolute atomic E-state index is 14.5. The Morgan fingerprint density at radius 1 is 0.780 bits per heavy atom. The standard InChI is InChI=1S/C33H25ClN2O5/c1-3-21-15-10-16-26-27(21)29(41-33(40)23-13-8-5-9-14-23)28(31(38)35(26)2)32(39)36(25-19-17-24(34)18-20-25)30(37)22-11-6-4-7-12-22/h4-20H,3H2,1-2H3. The molecular weight excluding hydrogens is 540 g/mol. The van der Waals surface area contributed by atoms with E-state index in [9.17, 15) is 19.2 Å². The zero-order valence-electron chi connectivity index (χ0n) is 22.3. The van der Waals surface area contributed by atoms with Crippen LogP contribution >= 0.6 is 11.6 Å². The number of pyridine rings is 1. The van der Waals surface area contributed by atoms with E-state index in [-0.39, 0.29) is 22.6 Å². The number of aromatic nitrogens is 1. The van der Waals surface area contributed by atoms with Crippen LogP contribution in [0.4, 0.5) is 5.69 Å². The predicted molar refractivity (Wildman–Crippen MR) is 159 cm³/mol. The number of ether oxygens (including phenoxy) is 1. The number of fused-ring (bicyclic) bond motifs is 1. The Bertz CT molecular complexity index is 1830. The average Bonchev–Trinajstić information content (AvgIpc) is 3.01. The molecule has 0 N–H and O–H groups in total. The van der Waals surface area contributed by atoms with E-state index in [2.05, 4.69) is 0 Å². The molecule has 0 atom stereocenters. The maximum atomic E-state index is 14.5. The molecule has 0 saturated carbocycles. The van der Waals surface area contributed by atoms with Crippen LogP contribution in [0.15, 0.2) is 108 Å². The number of carbonyl (C=O) groups is 3. The van der Waals surface area contributed by atoms with E-state index in [1.165, 1.54) is 23.7 Å². The van der Waals surface area contributed by atoms with E-state index >= 15 is 0 Å². The number of rotatable bonds is 6. The number of halogens is 1. The molecule has 2 amide bonds. The van der Waals surface area contributed by atoms with E-state index in [1.54, 1.807) is 84.9 Å². The second-order valence-corrected chi connectivity index (χ2v) is 9.71. The van der Waals surface area contributed by atoms with Crippen LogP contribution in [0.3, 0.4) is 0 Å². The smallest absolute Gasteiger partial charge is 0.343 e. The van der Waals surface area contributed by atoms with Gasteiger partial charge in [0.05, 0.1) is 16.8 Å². The van der Waals surface area contributed by atoms with Gasteiger partial charge in [-0.15, -0.1) is 0 Å². The molecule has 0 bridgehead atoms. The predicted octanol–water partition coefficient (Wildman–Crippen LogP) is 6.46. The summed E-state index contributed by atoms with van der Waals surface area (Å²) in [6.45, 7) is 1.92. The number of hydrogen-bond acceptors (Lipinski definition) is 5. The maximum Gasteiger partial charge on any atom is 0.343 e. The summed E-state index contributed by atoms with van der Waals surface area (Å²) in [5, 5.41) is 0.841. The zero-order chi connectivity index (χ0) is 29.1. The van der Waals surface area contributed by atoms with E-state index in [4.69, 9.17) is 16.3 Å². The largest absolute Gasteiger partial charge is 0.421 e. The van der Waals surface area contributed by atoms with Crippen molar-refractivity contribution in [3.8, 4) is 5.75 Å². The summed E-state index contributed by atoms with van der Waals surface area (Å²) in [6.07, 6.45) is 0.531. The number of imide groups is 1. The topological polar surface area (TPSA) is 85.7 Å². The Morgan fingerprint density at radius 2 is 1.39 bits per heavy atom. The molecule has 7 nitrogen and oxygen atoms in total. The summed E-state index contributed by atoms with van der Waals surface area (Å²) < 4.78 is 7.23. The Balaban J connectivity index is 1.79. The first-order chi connectivity index (χ1) is 19.8. The molecule has 4 aromatic carbocycles. The highest BCUT2D eigenvalue weighted by Crippen LogP contribution is 2.34. The summed E-state index contributed by atoms with van der Waals surface area (Å²) in [5.41, 5.74) is 0.745. The van der Waals surface area contributed by atoms with Crippen LogP contribution < -0.4 is 15.2 Å². The molecule has 0 fully saturated rings. The summed E-state index contributed by atoms with van der Waals surface area (Å²) in [4.78, 5) is 56.4. The van der Waals surface area contributed by atoms with Crippen LogP contribution in [-0.4, -0.2) is 22.4 Å². The normalized spacial score (nSPS) is 10.8. The zero-order valence-corrected chi connectivity index (χ0v) is 23.1. The molecule has 0 radical (unpaired) electrons. The number of carbonyl (C=O) groups excluding carboxylic acids is 3. The van der Waals surface area contributed by atoms with Gasteiger partial charge in [0.2, 0.25) is 0 Å². The molecule has 5 rings (SSSR count). The minimum Gasteiger partial charge on any atom is -0.421 e. The molecule has 0 aliphatic carbocycles. The number of aryl methyl sites for hydroxylation is 2. The fourth-order valence-corrected chi connectivity index (χ4v) is 4.80. The highest BCUT2D eigenvalue weighted by atomic mass is 35.5. The van der Waals surface area contributed by atoms with E-state index in [0.717, 1.165) is 10.5 Å². The van der Waals surface area contributed by atoms with Crippen molar-refractivity contribution in [2.24, 2.45) is 7.05 Å². The molecule has 1 heterocycles. The van der Waals surface area contributed by atoms with Crippen molar-refractivity contribution in [1.82, 2.24) is 4.57 Å². The van der Waals surface area contributed by atoms with Gasteiger partial charge in [0, 0.05) is 23.0 Å². The van der Waals surface area contributed by atoms with E-state index in [0.29, 0.717) is 22.3 Å². The highest BCUT2D eigenvalue weighted by Gasteiger charge is 2.33. The fourth-order valence-electron chi connectivity index (χ4n) is 4.68. The monoisotopic (exact) mass is 564 g/mol. The average molecular weight is 565 g/mol. The molecule has 41 heavy (non-hydrogen) atoms. The number of hydrogen-bond donors (Lipinski definition) is 0. The molecule has 0 unspecified atom stereocenters. The number of anilines is 1. The molecule has 0 aliphatic rings. The van der Waals surface area contributed by atoms with Crippen molar-refractivity contribution in [2.45, 2.75) is 13.3 Å². The van der Waals surface area contributed by atoms with Crippen LogP contribution in [0.5, 0.6) is 5.75 Å². The van der Waals surface area contributed by atoms with Crippen molar-refractivity contribution in [2.75, 3.05) is 4.90 Å². The number of nitrogens with zero attached hydrogens (tertiary/aromatic N) is 2. The van der Waals surface area contributed by atoms with Gasteiger partial charge in [0.15, 0.2) is 5.75 Å². The SMILES string of the molecule is CCc1cccc2c1c(OC(=O)c1ccccc1)c(C(=O)N(C(=O)c1ccccc1)c1ccc(Cl)cc1)c(=O)n2C. The lowest BCUT2D eigenvalue weighted by molar-refractivity contribution is 0.0734. The van der Waals surface area contributed by atoms with Crippen molar-refractivity contribution in [3.05, 3.63) is 141 Å². The lowest BCUT2D eigenvalue weighted by atomic mass is 10.0. The second-order valence-electron chi connectivity index (χ2n) is 9.28. The van der Waals surface area contributed by atoms with Crippen molar-refractivity contribution < 1.29 is 19.1 Å². The molecule has 0 spiro atoms. The third-order valence-corrected chi connectivity index (χ3v) is 7.03. The fraction of sp³-hybridized carbons (Fsp3) is 0.0909. The Morgan fingerprint density at radius 3 is 2.00 bits per heavy atom. The van der Waals surface area contributed by atoms with Gasteiger partial charge >= 0.3 is 5.97 Å². The van der Waals surface area contributed by atoms with Crippen molar-refractivity contribution in [1.29, 1.82) is 0 Å². The summed E-state index contributed by atoms with van der Waals surface area (Å²) in [7, 11) is 1.54. The quantitative estimate of drug-likeness (QED) is 0.174. The van der Waals surface area contributed by atoms with Gasteiger partial charge in [0.1, 0.15) is 5.56 Å². The second kappa shape index (κ2) is 11.6. The molecule has 204 valence electrons. The van der Waals surface area contributed by atoms with Crippen LogP contribution in [0.1, 0.15) is 43.6 Å². The first-order valence-electron chi connectivity index (χ1n) is 12.9.